The summed E-state index contributed by atoms with van der Waals surface area (Å²) in [6.07, 6.45) is 5.27. The molecule has 3 heterocycles. The van der Waals surface area contributed by atoms with Crippen LogP contribution in [0.25, 0.3) is 22.5 Å². The zero-order valence-electron chi connectivity index (χ0n) is 16.8. The molecule has 7 heteroatoms. The predicted octanol–water partition coefficient (Wildman–Crippen LogP) is 4.51. The SMILES string of the molecule is COc1ccc(C(=O)N2CC=Nc3ccc(-c4cn[nH]c4-c4ccccn4)cc32)cc1. The van der Waals surface area contributed by atoms with Crippen LogP contribution in [0.2, 0.25) is 0 Å². The van der Waals surface area contributed by atoms with Gasteiger partial charge in [-0.2, -0.15) is 5.10 Å². The molecule has 0 aliphatic carbocycles. The first-order chi connectivity index (χ1) is 15.2. The van der Waals surface area contributed by atoms with Crippen molar-refractivity contribution in [3.05, 3.63) is 78.6 Å². The van der Waals surface area contributed by atoms with Gasteiger partial charge in [0.2, 0.25) is 0 Å². The van der Waals surface area contributed by atoms with E-state index in [0.717, 1.165) is 33.9 Å². The molecule has 4 aromatic rings. The summed E-state index contributed by atoms with van der Waals surface area (Å²) in [4.78, 5) is 23.9. The van der Waals surface area contributed by atoms with E-state index in [1.165, 1.54) is 0 Å². The van der Waals surface area contributed by atoms with Gasteiger partial charge in [-0.25, -0.2) is 0 Å². The minimum absolute atomic E-state index is 0.0932. The van der Waals surface area contributed by atoms with Crippen molar-refractivity contribution in [2.45, 2.75) is 0 Å². The van der Waals surface area contributed by atoms with Crippen LogP contribution in [0.1, 0.15) is 10.4 Å². The zero-order valence-corrected chi connectivity index (χ0v) is 16.8. The van der Waals surface area contributed by atoms with Gasteiger partial charge >= 0.3 is 0 Å². The lowest BCUT2D eigenvalue weighted by molar-refractivity contribution is 0.0990. The number of carbonyl (C=O) groups excluding carboxylic acids is 1. The number of hydrogen-bond donors (Lipinski definition) is 1. The monoisotopic (exact) mass is 409 g/mol. The van der Waals surface area contributed by atoms with Crippen molar-refractivity contribution in [3.8, 4) is 28.3 Å². The molecule has 7 nitrogen and oxygen atoms in total. The van der Waals surface area contributed by atoms with Gasteiger partial charge in [0.1, 0.15) is 5.75 Å². The summed E-state index contributed by atoms with van der Waals surface area (Å²) < 4.78 is 5.20. The highest BCUT2D eigenvalue weighted by atomic mass is 16.5. The van der Waals surface area contributed by atoms with Crippen molar-refractivity contribution in [2.24, 2.45) is 4.99 Å². The third-order valence-electron chi connectivity index (χ3n) is 5.21. The number of pyridine rings is 1. The Morgan fingerprint density at radius 3 is 2.74 bits per heavy atom. The Bertz CT molecular complexity index is 1260. The Kier molecular flexibility index (Phi) is 4.76. The van der Waals surface area contributed by atoms with Gasteiger partial charge in [-0.15, -0.1) is 0 Å². The van der Waals surface area contributed by atoms with Gasteiger partial charge in [-0.1, -0.05) is 12.1 Å². The van der Waals surface area contributed by atoms with Crippen LogP contribution >= 0.6 is 0 Å². The first kappa shape index (κ1) is 18.7. The minimum Gasteiger partial charge on any atom is -0.497 e. The van der Waals surface area contributed by atoms with Crippen molar-refractivity contribution in [1.29, 1.82) is 0 Å². The van der Waals surface area contributed by atoms with Crippen LogP contribution in [0.5, 0.6) is 5.75 Å². The van der Waals surface area contributed by atoms with Gasteiger partial charge in [0.25, 0.3) is 5.91 Å². The highest BCUT2D eigenvalue weighted by Gasteiger charge is 2.23. The molecule has 0 bridgehead atoms. The number of amides is 1. The average molecular weight is 409 g/mol. The number of H-pyrrole nitrogens is 1. The van der Waals surface area contributed by atoms with E-state index >= 15 is 0 Å². The molecule has 0 spiro atoms. The minimum atomic E-state index is -0.0932. The molecule has 0 fully saturated rings. The highest BCUT2D eigenvalue weighted by Crippen LogP contribution is 2.38. The fourth-order valence-corrected chi connectivity index (χ4v) is 3.63. The number of carbonyl (C=O) groups is 1. The van der Waals surface area contributed by atoms with Crippen LogP contribution in [0, 0.1) is 0 Å². The molecule has 0 unspecified atom stereocenters. The molecule has 1 amide bonds. The molecule has 0 saturated heterocycles. The number of fused-ring (bicyclic) bond motifs is 1. The predicted molar refractivity (Wildman–Crippen MR) is 120 cm³/mol. The summed E-state index contributed by atoms with van der Waals surface area (Å²) in [6, 6.07) is 18.7. The molecule has 1 aliphatic rings. The lowest BCUT2D eigenvalue weighted by Crippen LogP contribution is -2.34. The molecule has 0 atom stereocenters. The first-order valence-corrected chi connectivity index (χ1v) is 9.82. The summed E-state index contributed by atoms with van der Waals surface area (Å²) in [5.41, 5.74) is 5.56. The average Bonchev–Trinajstić information content (AvgIpc) is 3.33. The number of aromatic amines is 1. The van der Waals surface area contributed by atoms with Crippen molar-refractivity contribution < 1.29 is 9.53 Å². The standard InChI is InChI=1S/C24H19N5O2/c1-31-18-8-5-16(6-9-18)24(30)29-13-12-26-20-10-7-17(14-22(20)29)19-15-27-28-23(19)21-4-2-3-11-25-21/h2-12,14-15H,13H2,1H3,(H,27,28). The molecular formula is C24H19N5O2. The Labute approximate surface area is 179 Å². The molecular weight excluding hydrogens is 390 g/mol. The number of ether oxygens (including phenoxy) is 1. The Balaban J connectivity index is 1.53. The fraction of sp³-hybridized carbons (Fsp3) is 0.0833. The molecule has 1 aliphatic heterocycles. The van der Waals surface area contributed by atoms with Gasteiger partial charge in [-0.05, 0) is 54.1 Å². The molecule has 31 heavy (non-hydrogen) atoms. The molecule has 2 aromatic heterocycles. The smallest absolute Gasteiger partial charge is 0.258 e. The molecule has 152 valence electrons. The van der Waals surface area contributed by atoms with Crippen LogP contribution in [0.15, 0.2) is 78.0 Å². The quantitative estimate of drug-likeness (QED) is 0.538. The Hall–Kier alpha value is -4.26. The second-order valence-electron chi connectivity index (χ2n) is 7.03. The van der Waals surface area contributed by atoms with Crippen molar-refractivity contribution in [3.63, 3.8) is 0 Å². The fourth-order valence-electron chi connectivity index (χ4n) is 3.63. The molecule has 2 aromatic carbocycles. The lowest BCUT2D eigenvalue weighted by Gasteiger charge is -2.26. The Morgan fingerprint density at radius 1 is 1.10 bits per heavy atom. The van der Waals surface area contributed by atoms with E-state index in [-0.39, 0.29) is 5.91 Å². The summed E-state index contributed by atoms with van der Waals surface area (Å²) in [6.45, 7) is 0.403. The highest BCUT2D eigenvalue weighted by molar-refractivity contribution is 6.11. The summed E-state index contributed by atoms with van der Waals surface area (Å²) in [7, 11) is 1.60. The third kappa shape index (κ3) is 3.46. The van der Waals surface area contributed by atoms with Gasteiger partial charge in [0.05, 0.1) is 42.6 Å². The maximum atomic E-state index is 13.2. The number of hydrogen-bond acceptors (Lipinski definition) is 5. The zero-order chi connectivity index (χ0) is 21.2. The van der Waals surface area contributed by atoms with Crippen molar-refractivity contribution >= 4 is 23.5 Å². The summed E-state index contributed by atoms with van der Waals surface area (Å²) in [5.74, 6) is 0.616. The van der Waals surface area contributed by atoms with Gasteiger partial charge in [-0.3, -0.25) is 19.9 Å². The van der Waals surface area contributed by atoms with Crippen LogP contribution in [-0.2, 0) is 0 Å². The summed E-state index contributed by atoms with van der Waals surface area (Å²) >= 11 is 0. The van der Waals surface area contributed by atoms with E-state index in [4.69, 9.17) is 4.74 Å². The number of rotatable bonds is 4. The van der Waals surface area contributed by atoms with E-state index in [9.17, 15) is 4.79 Å². The second-order valence-corrected chi connectivity index (χ2v) is 7.03. The lowest BCUT2D eigenvalue weighted by atomic mass is 10.0. The third-order valence-corrected chi connectivity index (χ3v) is 5.21. The van der Waals surface area contributed by atoms with Crippen LogP contribution < -0.4 is 9.64 Å². The van der Waals surface area contributed by atoms with E-state index in [1.54, 1.807) is 54.9 Å². The van der Waals surface area contributed by atoms with E-state index in [0.29, 0.717) is 17.9 Å². The van der Waals surface area contributed by atoms with E-state index < -0.39 is 0 Å². The van der Waals surface area contributed by atoms with Gasteiger partial charge in [0.15, 0.2) is 0 Å². The molecule has 1 N–H and O–H groups in total. The number of benzene rings is 2. The first-order valence-electron chi connectivity index (χ1n) is 9.82. The summed E-state index contributed by atoms with van der Waals surface area (Å²) in [5, 5.41) is 7.25. The number of aliphatic imine (C=N–C) groups is 1. The number of methoxy groups -OCH3 is 1. The normalized spacial score (nSPS) is 12.5. The van der Waals surface area contributed by atoms with Gasteiger partial charge in [0, 0.05) is 23.5 Å². The number of aromatic nitrogens is 3. The maximum Gasteiger partial charge on any atom is 0.258 e. The van der Waals surface area contributed by atoms with Crippen molar-refractivity contribution in [2.75, 3.05) is 18.6 Å². The molecule has 5 rings (SSSR count). The maximum absolute atomic E-state index is 13.2. The number of nitrogens with zero attached hydrogens (tertiary/aromatic N) is 4. The van der Waals surface area contributed by atoms with Crippen LogP contribution in [0.3, 0.4) is 0 Å². The van der Waals surface area contributed by atoms with Crippen molar-refractivity contribution in [1.82, 2.24) is 15.2 Å². The number of anilines is 1. The van der Waals surface area contributed by atoms with E-state index in [2.05, 4.69) is 20.2 Å². The number of nitrogens with one attached hydrogen (secondary N) is 1. The molecule has 0 radical (unpaired) electrons. The largest absolute Gasteiger partial charge is 0.497 e. The van der Waals surface area contributed by atoms with Gasteiger partial charge < -0.3 is 9.64 Å². The topological polar surface area (TPSA) is 83.5 Å². The molecule has 0 saturated carbocycles. The second kappa shape index (κ2) is 7.87. The van der Waals surface area contributed by atoms with E-state index in [1.807, 2.05) is 36.4 Å². The van der Waals surface area contributed by atoms with Crippen LogP contribution in [0.4, 0.5) is 11.4 Å². The Morgan fingerprint density at radius 2 is 1.97 bits per heavy atom. The van der Waals surface area contributed by atoms with Crippen LogP contribution in [-0.4, -0.2) is 41.0 Å².